The van der Waals surface area contributed by atoms with Gasteiger partial charge in [0.05, 0.1) is 0 Å². The molecule has 2 aliphatic rings. The summed E-state index contributed by atoms with van der Waals surface area (Å²) in [5, 5.41) is 3.76. The Morgan fingerprint density at radius 1 is 1.19 bits per heavy atom. The van der Waals surface area contributed by atoms with Gasteiger partial charge in [-0.1, -0.05) is 19.8 Å². The average Bonchev–Trinajstić information content (AvgIpc) is 3.32. The summed E-state index contributed by atoms with van der Waals surface area (Å²) in [6, 6.07) is 5.14. The number of halogens is 1. The molecule has 2 aliphatic carbocycles. The fourth-order valence-corrected chi connectivity index (χ4v) is 3.95. The lowest BCUT2D eigenvalue weighted by atomic mass is 9.71. The predicted molar refractivity (Wildman–Crippen MR) is 91.3 cm³/mol. The van der Waals surface area contributed by atoms with Gasteiger partial charge < -0.3 is 5.32 Å². The van der Waals surface area contributed by atoms with Crippen LogP contribution in [0, 0.1) is 17.8 Å². The van der Waals surface area contributed by atoms with Crippen LogP contribution < -0.4 is 5.32 Å². The van der Waals surface area contributed by atoms with Gasteiger partial charge in [-0.15, -0.1) is 0 Å². The first-order valence-corrected chi connectivity index (χ1v) is 9.37. The third-order valence-electron chi connectivity index (χ3n) is 5.33. The van der Waals surface area contributed by atoms with Crippen molar-refractivity contribution in [2.75, 3.05) is 6.54 Å². The molecule has 0 saturated heterocycles. The molecule has 0 amide bonds. The van der Waals surface area contributed by atoms with E-state index in [1.54, 1.807) is 0 Å². The second-order valence-electron chi connectivity index (χ2n) is 6.96. The SMILES string of the molecule is CCC1CCC(CNC2CC2)C(Cc2ccc(Br)cn2)C1. The monoisotopic (exact) mass is 350 g/mol. The van der Waals surface area contributed by atoms with E-state index >= 15 is 0 Å². The minimum atomic E-state index is 0.809. The number of aromatic nitrogens is 1. The van der Waals surface area contributed by atoms with Crippen molar-refractivity contribution in [1.29, 1.82) is 0 Å². The van der Waals surface area contributed by atoms with Crippen LogP contribution in [0.3, 0.4) is 0 Å². The highest BCUT2D eigenvalue weighted by Gasteiger charge is 2.31. The smallest absolute Gasteiger partial charge is 0.0413 e. The lowest BCUT2D eigenvalue weighted by Crippen LogP contribution is -2.35. The van der Waals surface area contributed by atoms with Crippen LogP contribution in [-0.2, 0) is 6.42 Å². The molecule has 0 spiro atoms. The maximum absolute atomic E-state index is 4.60. The molecule has 1 N–H and O–H groups in total. The van der Waals surface area contributed by atoms with E-state index in [1.807, 2.05) is 6.20 Å². The Hall–Kier alpha value is -0.410. The van der Waals surface area contributed by atoms with Gasteiger partial charge in [-0.3, -0.25) is 4.98 Å². The number of nitrogens with zero attached hydrogens (tertiary/aromatic N) is 1. The molecule has 3 rings (SSSR count). The second-order valence-corrected chi connectivity index (χ2v) is 7.88. The van der Waals surface area contributed by atoms with Gasteiger partial charge in [0.25, 0.3) is 0 Å². The Bertz CT molecular complexity index is 441. The van der Waals surface area contributed by atoms with Gasteiger partial charge in [0.2, 0.25) is 0 Å². The van der Waals surface area contributed by atoms with Crippen LogP contribution in [0.15, 0.2) is 22.8 Å². The fraction of sp³-hybridized carbons (Fsp3) is 0.722. The minimum Gasteiger partial charge on any atom is -0.314 e. The molecule has 1 aromatic heterocycles. The van der Waals surface area contributed by atoms with E-state index in [0.717, 1.165) is 34.7 Å². The molecule has 2 saturated carbocycles. The molecule has 116 valence electrons. The number of hydrogen-bond donors (Lipinski definition) is 1. The molecule has 2 fully saturated rings. The first-order chi connectivity index (χ1) is 10.2. The molecular formula is C18H27BrN2. The molecule has 0 aromatic carbocycles. The highest BCUT2D eigenvalue weighted by Crippen LogP contribution is 2.37. The molecule has 3 unspecified atom stereocenters. The topological polar surface area (TPSA) is 24.9 Å². The predicted octanol–water partition coefficient (Wildman–Crippen LogP) is 4.58. The largest absolute Gasteiger partial charge is 0.314 e. The van der Waals surface area contributed by atoms with Crippen LogP contribution in [-0.4, -0.2) is 17.6 Å². The summed E-state index contributed by atoms with van der Waals surface area (Å²) >= 11 is 3.48. The van der Waals surface area contributed by atoms with Crippen molar-refractivity contribution in [1.82, 2.24) is 10.3 Å². The fourth-order valence-electron chi connectivity index (χ4n) is 3.71. The van der Waals surface area contributed by atoms with Gasteiger partial charge in [0.15, 0.2) is 0 Å². The Morgan fingerprint density at radius 3 is 2.71 bits per heavy atom. The highest BCUT2D eigenvalue weighted by molar-refractivity contribution is 9.10. The standard InChI is InChI=1S/C18H27BrN2/c1-2-13-3-4-14(11-20-17-7-8-17)15(9-13)10-18-6-5-16(19)12-21-18/h5-6,12-15,17,20H,2-4,7-11H2,1H3. The Morgan fingerprint density at radius 2 is 2.05 bits per heavy atom. The molecule has 3 atom stereocenters. The molecule has 1 aromatic rings. The van der Waals surface area contributed by atoms with Crippen molar-refractivity contribution in [2.45, 2.75) is 57.9 Å². The number of hydrogen-bond acceptors (Lipinski definition) is 2. The summed E-state index contributed by atoms with van der Waals surface area (Å²) in [6.07, 6.45) is 11.4. The van der Waals surface area contributed by atoms with Crippen molar-refractivity contribution < 1.29 is 0 Å². The molecule has 0 bridgehead atoms. The van der Waals surface area contributed by atoms with Gasteiger partial charge in [-0.2, -0.15) is 0 Å². The van der Waals surface area contributed by atoms with E-state index in [9.17, 15) is 0 Å². The second kappa shape index (κ2) is 7.23. The lowest BCUT2D eigenvalue weighted by molar-refractivity contribution is 0.170. The van der Waals surface area contributed by atoms with Crippen LogP contribution in [0.5, 0.6) is 0 Å². The Balaban J connectivity index is 1.61. The molecule has 0 aliphatic heterocycles. The molecular weight excluding hydrogens is 324 g/mol. The third kappa shape index (κ3) is 4.53. The minimum absolute atomic E-state index is 0.809. The van der Waals surface area contributed by atoms with Gasteiger partial charge >= 0.3 is 0 Å². The van der Waals surface area contributed by atoms with Crippen LogP contribution in [0.2, 0.25) is 0 Å². The number of rotatable bonds is 6. The van der Waals surface area contributed by atoms with Crippen molar-refractivity contribution in [3.63, 3.8) is 0 Å². The van der Waals surface area contributed by atoms with Gasteiger partial charge in [0, 0.05) is 22.4 Å². The summed E-state index contributed by atoms with van der Waals surface area (Å²) in [5.41, 5.74) is 1.26. The maximum atomic E-state index is 4.60. The molecule has 3 heteroatoms. The summed E-state index contributed by atoms with van der Waals surface area (Å²) in [4.78, 5) is 4.60. The first kappa shape index (κ1) is 15.5. The molecule has 2 nitrogen and oxygen atoms in total. The Labute approximate surface area is 137 Å². The summed E-state index contributed by atoms with van der Waals surface area (Å²) < 4.78 is 1.08. The molecule has 1 heterocycles. The Kier molecular flexibility index (Phi) is 5.33. The van der Waals surface area contributed by atoms with Crippen LogP contribution in [0.1, 0.15) is 51.1 Å². The summed E-state index contributed by atoms with van der Waals surface area (Å²) in [5.74, 6) is 2.59. The quantitative estimate of drug-likeness (QED) is 0.811. The van der Waals surface area contributed by atoms with Crippen LogP contribution >= 0.6 is 15.9 Å². The van der Waals surface area contributed by atoms with Gasteiger partial charge in [-0.25, -0.2) is 0 Å². The number of nitrogens with one attached hydrogen (secondary N) is 1. The highest BCUT2D eigenvalue weighted by atomic mass is 79.9. The maximum Gasteiger partial charge on any atom is 0.0413 e. The van der Waals surface area contributed by atoms with Crippen molar-refractivity contribution in [3.05, 3.63) is 28.5 Å². The third-order valence-corrected chi connectivity index (χ3v) is 5.80. The number of pyridine rings is 1. The van der Waals surface area contributed by atoms with Gasteiger partial charge in [0.1, 0.15) is 0 Å². The van der Waals surface area contributed by atoms with E-state index in [2.05, 4.69) is 45.3 Å². The zero-order valence-corrected chi connectivity index (χ0v) is 14.6. The van der Waals surface area contributed by atoms with Crippen molar-refractivity contribution >= 4 is 15.9 Å². The normalized spacial score (nSPS) is 29.5. The van der Waals surface area contributed by atoms with Crippen LogP contribution in [0.4, 0.5) is 0 Å². The first-order valence-electron chi connectivity index (χ1n) is 8.58. The van der Waals surface area contributed by atoms with E-state index in [4.69, 9.17) is 0 Å². The average molecular weight is 351 g/mol. The molecule has 0 radical (unpaired) electrons. The van der Waals surface area contributed by atoms with E-state index in [1.165, 1.54) is 50.8 Å². The lowest BCUT2D eigenvalue weighted by Gasteiger charge is -2.36. The van der Waals surface area contributed by atoms with E-state index in [-0.39, 0.29) is 0 Å². The zero-order valence-electron chi connectivity index (χ0n) is 13.0. The molecule has 21 heavy (non-hydrogen) atoms. The van der Waals surface area contributed by atoms with E-state index in [0.29, 0.717) is 0 Å². The zero-order chi connectivity index (χ0) is 14.7. The van der Waals surface area contributed by atoms with E-state index < -0.39 is 0 Å². The van der Waals surface area contributed by atoms with Gasteiger partial charge in [-0.05, 0) is 84.5 Å². The van der Waals surface area contributed by atoms with Crippen molar-refractivity contribution in [2.24, 2.45) is 17.8 Å². The van der Waals surface area contributed by atoms with Crippen LogP contribution in [0.25, 0.3) is 0 Å². The summed E-state index contributed by atoms with van der Waals surface area (Å²) in [7, 11) is 0. The van der Waals surface area contributed by atoms with Crippen molar-refractivity contribution in [3.8, 4) is 0 Å². The summed E-state index contributed by atoms with van der Waals surface area (Å²) in [6.45, 7) is 3.57.